The van der Waals surface area contributed by atoms with Crippen molar-refractivity contribution in [3.8, 4) is 11.5 Å². The lowest BCUT2D eigenvalue weighted by Gasteiger charge is -2.24. The maximum Gasteiger partial charge on any atom is 0.198 e. The monoisotopic (exact) mass is 294 g/mol. The number of fused-ring (bicyclic) bond motifs is 3. The Morgan fingerprint density at radius 3 is 2.41 bits per heavy atom. The third-order valence-electron chi connectivity index (χ3n) is 4.61. The Labute approximate surface area is 127 Å². The first-order valence-electron chi connectivity index (χ1n) is 7.38. The van der Waals surface area contributed by atoms with E-state index in [0.29, 0.717) is 0 Å². The molecule has 110 valence electrons. The van der Waals surface area contributed by atoms with E-state index in [0.717, 1.165) is 36.8 Å². The van der Waals surface area contributed by atoms with Crippen LogP contribution >= 0.6 is 0 Å². The summed E-state index contributed by atoms with van der Waals surface area (Å²) in [6, 6.07) is 6.16. The Bertz CT molecular complexity index is 847. The Morgan fingerprint density at radius 2 is 1.59 bits per heavy atom. The summed E-state index contributed by atoms with van der Waals surface area (Å²) in [5.41, 5.74) is 2.21. The van der Waals surface area contributed by atoms with Crippen LogP contribution in [0.4, 0.5) is 0 Å². The summed E-state index contributed by atoms with van der Waals surface area (Å²) in [4.78, 5) is 25.4. The maximum atomic E-state index is 12.7. The van der Waals surface area contributed by atoms with Gasteiger partial charge in [0.05, 0.1) is 11.1 Å². The number of aryl methyl sites for hydroxylation is 1. The van der Waals surface area contributed by atoms with E-state index in [-0.39, 0.29) is 33.8 Å². The van der Waals surface area contributed by atoms with E-state index in [4.69, 9.17) is 0 Å². The molecule has 4 heteroatoms. The fourth-order valence-electron chi connectivity index (χ4n) is 3.53. The molecule has 2 aromatic rings. The second-order valence-corrected chi connectivity index (χ2v) is 5.85. The van der Waals surface area contributed by atoms with Gasteiger partial charge in [0, 0.05) is 11.1 Å². The van der Waals surface area contributed by atoms with Crippen molar-refractivity contribution in [2.75, 3.05) is 0 Å². The molecule has 22 heavy (non-hydrogen) atoms. The normalized spacial score (nSPS) is 16.0. The fourth-order valence-corrected chi connectivity index (χ4v) is 3.53. The summed E-state index contributed by atoms with van der Waals surface area (Å²) >= 11 is 0. The minimum atomic E-state index is -0.397. The summed E-state index contributed by atoms with van der Waals surface area (Å²) in [7, 11) is 0. The minimum Gasteiger partial charge on any atom is -0.507 e. The lowest BCUT2D eigenvalue weighted by molar-refractivity contribution is 0.0974. The first-order chi connectivity index (χ1) is 10.6. The van der Waals surface area contributed by atoms with E-state index in [1.165, 1.54) is 18.2 Å². The molecule has 2 aliphatic carbocycles. The van der Waals surface area contributed by atoms with Crippen LogP contribution in [0.5, 0.6) is 11.5 Å². The summed E-state index contributed by atoms with van der Waals surface area (Å²) in [5.74, 6) is -1.05. The molecule has 0 aliphatic heterocycles. The zero-order valence-electron chi connectivity index (χ0n) is 11.8. The second-order valence-electron chi connectivity index (χ2n) is 5.85. The number of phenols is 2. The van der Waals surface area contributed by atoms with E-state index in [1.807, 2.05) is 0 Å². The van der Waals surface area contributed by atoms with Crippen molar-refractivity contribution in [2.24, 2.45) is 0 Å². The van der Waals surface area contributed by atoms with Crippen LogP contribution in [-0.4, -0.2) is 21.8 Å². The van der Waals surface area contributed by atoms with Gasteiger partial charge in [-0.1, -0.05) is 12.1 Å². The van der Waals surface area contributed by atoms with Crippen LogP contribution in [0, 0.1) is 0 Å². The van der Waals surface area contributed by atoms with Gasteiger partial charge >= 0.3 is 0 Å². The summed E-state index contributed by atoms with van der Waals surface area (Å²) < 4.78 is 0. The fraction of sp³-hybridized carbons (Fsp3) is 0.222. The van der Waals surface area contributed by atoms with Gasteiger partial charge in [-0.15, -0.1) is 0 Å². The second kappa shape index (κ2) is 4.44. The number of ketones is 2. The number of aromatic hydroxyl groups is 2. The molecule has 0 amide bonds. The van der Waals surface area contributed by atoms with E-state index in [2.05, 4.69) is 0 Å². The Kier molecular flexibility index (Phi) is 2.64. The lowest BCUT2D eigenvalue weighted by Crippen LogP contribution is -2.23. The van der Waals surface area contributed by atoms with Gasteiger partial charge in [0.15, 0.2) is 11.6 Å². The van der Waals surface area contributed by atoms with Crippen LogP contribution in [0.3, 0.4) is 0 Å². The molecule has 0 fully saturated rings. The van der Waals surface area contributed by atoms with Crippen LogP contribution in [0.15, 0.2) is 24.3 Å². The van der Waals surface area contributed by atoms with Gasteiger partial charge in [-0.2, -0.15) is 0 Å². The molecule has 4 nitrogen and oxygen atoms in total. The molecule has 0 saturated carbocycles. The van der Waals surface area contributed by atoms with Gasteiger partial charge in [-0.05, 0) is 48.9 Å². The van der Waals surface area contributed by atoms with Crippen LogP contribution in [0.2, 0.25) is 0 Å². The highest BCUT2D eigenvalue weighted by Gasteiger charge is 2.36. The molecule has 0 heterocycles. The molecule has 2 N–H and O–H groups in total. The highest BCUT2D eigenvalue weighted by molar-refractivity contribution is 6.30. The molecule has 0 radical (unpaired) electrons. The summed E-state index contributed by atoms with van der Waals surface area (Å²) in [5, 5.41) is 20.5. The van der Waals surface area contributed by atoms with Crippen molar-refractivity contribution in [1.82, 2.24) is 0 Å². The molecule has 0 saturated heterocycles. The largest absolute Gasteiger partial charge is 0.507 e. The van der Waals surface area contributed by atoms with Gasteiger partial charge in [-0.25, -0.2) is 0 Å². The third-order valence-corrected chi connectivity index (χ3v) is 4.61. The number of hydrogen-bond acceptors (Lipinski definition) is 4. The predicted molar refractivity (Wildman–Crippen MR) is 79.7 cm³/mol. The quantitative estimate of drug-likeness (QED) is 0.668. The Hall–Kier alpha value is -2.62. The van der Waals surface area contributed by atoms with Crippen molar-refractivity contribution >= 4 is 11.6 Å². The van der Waals surface area contributed by atoms with E-state index >= 15 is 0 Å². The zero-order valence-corrected chi connectivity index (χ0v) is 11.8. The number of rotatable bonds is 0. The number of carbonyl (C=O) groups is 2. The Balaban J connectivity index is 2.04. The average Bonchev–Trinajstić information content (AvgIpc) is 2.52. The topological polar surface area (TPSA) is 74.6 Å². The molecular weight excluding hydrogens is 280 g/mol. The van der Waals surface area contributed by atoms with Crippen LogP contribution in [0.1, 0.15) is 55.8 Å². The first kappa shape index (κ1) is 13.1. The summed E-state index contributed by atoms with van der Waals surface area (Å²) in [6.45, 7) is 0. The van der Waals surface area contributed by atoms with E-state index < -0.39 is 11.6 Å². The standard InChI is InChI=1S/C18H14O4/c19-13-7-3-6-11-14(13)18(22)12-8-9-4-1-2-5-10(9)16(20)15(12)17(11)21/h3,6-8,19-20H,1-2,4-5H2. The number of carbonyl (C=O) groups excluding carboxylic acids is 2. The molecule has 4 rings (SSSR count). The highest BCUT2D eigenvalue weighted by Crippen LogP contribution is 2.41. The molecular formula is C18H14O4. The van der Waals surface area contributed by atoms with Gasteiger partial charge in [0.1, 0.15) is 11.5 Å². The van der Waals surface area contributed by atoms with E-state index in [1.54, 1.807) is 6.07 Å². The number of hydrogen-bond donors (Lipinski definition) is 2. The van der Waals surface area contributed by atoms with Gasteiger partial charge < -0.3 is 10.2 Å². The van der Waals surface area contributed by atoms with Gasteiger partial charge in [0.25, 0.3) is 0 Å². The van der Waals surface area contributed by atoms with Crippen molar-refractivity contribution in [1.29, 1.82) is 0 Å². The SMILES string of the molecule is O=C1c2cc3c(c(O)c2C(=O)c2cccc(O)c21)CCCC3. The van der Waals surface area contributed by atoms with Crippen molar-refractivity contribution in [2.45, 2.75) is 25.7 Å². The van der Waals surface area contributed by atoms with Crippen LogP contribution in [0.25, 0.3) is 0 Å². The molecule has 0 atom stereocenters. The van der Waals surface area contributed by atoms with Crippen LogP contribution in [-0.2, 0) is 12.8 Å². The maximum absolute atomic E-state index is 12.7. The molecule has 0 bridgehead atoms. The molecule has 0 unspecified atom stereocenters. The van der Waals surface area contributed by atoms with Crippen LogP contribution < -0.4 is 0 Å². The third kappa shape index (κ3) is 1.58. The van der Waals surface area contributed by atoms with Gasteiger partial charge in [-0.3, -0.25) is 9.59 Å². The number of benzene rings is 2. The van der Waals surface area contributed by atoms with Crippen molar-refractivity contribution in [3.05, 3.63) is 57.6 Å². The molecule has 2 aliphatic rings. The predicted octanol–water partition coefficient (Wildman–Crippen LogP) is 2.75. The lowest BCUT2D eigenvalue weighted by atomic mass is 9.78. The Morgan fingerprint density at radius 1 is 0.864 bits per heavy atom. The summed E-state index contributed by atoms with van der Waals surface area (Å²) in [6.07, 6.45) is 3.50. The van der Waals surface area contributed by atoms with Crippen molar-refractivity contribution in [3.63, 3.8) is 0 Å². The minimum absolute atomic E-state index is 0.0372. The number of phenolic OH excluding ortho intramolecular Hbond substituents is 2. The molecule has 0 aromatic heterocycles. The van der Waals surface area contributed by atoms with Gasteiger partial charge in [0.2, 0.25) is 0 Å². The molecule has 0 spiro atoms. The van der Waals surface area contributed by atoms with Crippen molar-refractivity contribution < 1.29 is 19.8 Å². The smallest absolute Gasteiger partial charge is 0.198 e. The molecule has 2 aromatic carbocycles. The average molecular weight is 294 g/mol. The van der Waals surface area contributed by atoms with E-state index in [9.17, 15) is 19.8 Å². The zero-order chi connectivity index (χ0) is 15.4. The highest BCUT2D eigenvalue weighted by atomic mass is 16.3. The first-order valence-corrected chi connectivity index (χ1v) is 7.38.